The minimum absolute atomic E-state index is 0.0267. The minimum Gasteiger partial charge on any atom is -0.489 e. The van der Waals surface area contributed by atoms with Crippen molar-refractivity contribution in [2.24, 2.45) is 0 Å². The second-order valence-electron chi connectivity index (χ2n) is 9.08. The van der Waals surface area contributed by atoms with E-state index in [1.165, 1.54) is 36.4 Å². The molecule has 1 N–H and O–H groups in total. The molecule has 0 saturated carbocycles. The fourth-order valence-corrected chi connectivity index (χ4v) is 4.73. The smallest absolute Gasteiger partial charge is 0.335 e. The number of nitrogens with zero attached hydrogens (tertiary/aromatic N) is 1. The predicted octanol–water partition coefficient (Wildman–Crippen LogP) is 7.61. The molecule has 4 aromatic carbocycles. The van der Waals surface area contributed by atoms with Crippen LogP contribution < -0.4 is 19.7 Å². The molecule has 1 aliphatic heterocycles. The Balaban J connectivity index is 1.35. The molecule has 1 fully saturated rings. The standard InChI is InChI=1S/C31H20Cl3FN2O5/c32-21-6-11-28(42-16-18-2-1-3-23(35)12-18)20(13-21)14-26-29(38)36-31(40)37(30(26)39)24-7-9-25(10-8-24)41-17-19-4-5-22(33)15-27(19)34/h1-15H,16-17H2,(H,36,38,40)/b26-14+. The number of benzene rings is 4. The van der Waals surface area contributed by atoms with Crippen LogP contribution >= 0.6 is 34.8 Å². The maximum atomic E-state index is 13.6. The first-order chi connectivity index (χ1) is 20.2. The summed E-state index contributed by atoms with van der Waals surface area (Å²) in [6.45, 7) is 0.197. The second kappa shape index (κ2) is 12.7. The largest absolute Gasteiger partial charge is 0.489 e. The average molecular weight is 626 g/mol. The molecule has 4 aromatic rings. The number of carbonyl (C=O) groups excluding carboxylic acids is 3. The van der Waals surface area contributed by atoms with Gasteiger partial charge in [-0.15, -0.1) is 0 Å². The molecule has 42 heavy (non-hydrogen) atoms. The Labute approximate surface area is 255 Å². The number of urea groups is 1. The molecule has 4 amide bonds. The zero-order chi connectivity index (χ0) is 29.8. The summed E-state index contributed by atoms with van der Waals surface area (Å²) in [6, 6.07) is 20.9. The summed E-state index contributed by atoms with van der Waals surface area (Å²) >= 11 is 18.3. The van der Waals surface area contributed by atoms with Gasteiger partial charge >= 0.3 is 6.03 Å². The van der Waals surface area contributed by atoms with E-state index in [1.54, 1.807) is 54.6 Å². The van der Waals surface area contributed by atoms with Crippen molar-refractivity contribution in [3.63, 3.8) is 0 Å². The van der Waals surface area contributed by atoms with Gasteiger partial charge in [0.2, 0.25) is 0 Å². The van der Waals surface area contributed by atoms with Crippen LogP contribution in [0.15, 0.2) is 90.5 Å². The Morgan fingerprint density at radius 3 is 2.29 bits per heavy atom. The molecule has 7 nitrogen and oxygen atoms in total. The summed E-state index contributed by atoms with van der Waals surface area (Å²) < 4.78 is 25.2. The van der Waals surface area contributed by atoms with Crippen LogP contribution in [0.3, 0.4) is 0 Å². The number of imide groups is 2. The van der Waals surface area contributed by atoms with Crippen LogP contribution in [-0.4, -0.2) is 17.8 Å². The number of amides is 4. The van der Waals surface area contributed by atoms with E-state index in [1.807, 2.05) is 0 Å². The van der Waals surface area contributed by atoms with E-state index in [0.717, 1.165) is 10.5 Å². The molecule has 1 aliphatic rings. The normalized spacial score (nSPS) is 14.2. The van der Waals surface area contributed by atoms with Gasteiger partial charge in [0, 0.05) is 26.2 Å². The number of hydrogen-bond acceptors (Lipinski definition) is 5. The third kappa shape index (κ3) is 6.74. The second-order valence-corrected chi connectivity index (χ2v) is 10.4. The van der Waals surface area contributed by atoms with Gasteiger partial charge in [-0.25, -0.2) is 14.1 Å². The molecule has 0 bridgehead atoms. The number of rotatable bonds is 8. The van der Waals surface area contributed by atoms with Crippen molar-refractivity contribution in [1.29, 1.82) is 0 Å². The Hall–Kier alpha value is -4.37. The molecular formula is C31H20Cl3FN2O5. The van der Waals surface area contributed by atoms with E-state index in [4.69, 9.17) is 44.3 Å². The van der Waals surface area contributed by atoms with Crippen LogP contribution in [-0.2, 0) is 22.8 Å². The van der Waals surface area contributed by atoms with Crippen LogP contribution in [0.5, 0.6) is 11.5 Å². The van der Waals surface area contributed by atoms with Crippen LogP contribution in [0, 0.1) is 5.82 Å². The summed E-state index contributed by atoms with van der Waals surface area (Å²) in [6.07, 6.45) is 1.29. The first-order valence-electron chi connectivity index (χ1n) is 12.4. The molecule has 1 saturated heterocycles. The lowest BCUT2D eigenvalue weighted by Gasteiger charge is -2.26. The molecule has 0 radical (unpaired) electrons. The van der Waals surface area contributed by atoms with E-state index in [0.29, 0.717) is 37.7 Å². The van der Waals surface area contributed by atoms with E-state index < -0.39 is 23.7 Å². The highest BCUT2D eigenvalue weighted by Gasteiger charge is 2.37. The van der Waals surface area contributed by atoms with E-state index >= 15 is 0 Å². The Morgan fingerprint density at radius 2 is 1.55 bits per heavy atom. The van der Waals surface area contributed by atoms with Gasteiger partial charge in [-0.3, -0.25) is 14.9 Å². The van der Waals surface area contributed by atoms with Gasteiger partial charge in [-0.1, -0.05) is 53.0 Å². The van der Waals surface area contributed by atoms with Crippen molar-refractivity contribution in [2.45, 2.75) is 13.2 Å². The molecule has 0 atom stereocenters. The Kier molecular flexibility index (Phi) is 8.77. The quantitative estimate of drug-likeness (QED) is 0.161. The molecule has 11 heteroatoms. The van der Waals surface area contributed by atoms with Crippen LogP contribution in [0.4, 0.5) is 14.9 Å². The van der Waals surface area contributed by atoms with Crippen molar-refractivity contribution in [1.82, 2.24) is 5.32 Å². The van der Waals surface area contributed by atoms with Gasteiger partial charge in [0.25, 0.3) is 11.8 Å². The first kappa shape index (κ1) is 29.1. The number of halogens is 4. The fourth-order valence-electron chi connectivity index (χ4n) is 4.09. The summed E-state index contributed by atoms with van der Waals surface area (Å²) in [7, 11) is 0. The van der Waals surface area contributed by atoms with Gasteiger partial charge in [0.05, 0.1) is 5.69 Å². The number of barbiturate groups is 1. The molecule has 0 unspecified atom stereocenters. The Morgan fingerprint density at radius 1 is 0.810 bits per heavy atom. The van der Waals surface area contributed by atoms with Crippen molar-refractivity contribution >= 4 is 64.4 Å². The first-order valence-corrected chi connectivity index (χ1v) is 13.6. The van der Waals surface area contributed by atoms with Gasteiger partial charge in [-0.2, -0.15) is 0 Å². The van der Waals surface area contributed by atoms with E-state index in [2.05, 4.69) is 5.32 Å². The van der Waals surface area contributed by atoms with Gasteiger partial charge in [0.1, 0.15) is 36.1 Å². The monoisotopic (exact) mass is 624 g/mol. The van der Waals surface area contributed by atoms with Gasteiger partial charge in [-0.05, 0) is 78.4 Å². The molecule has 0 aliphatic carbocycles. The molecule has 0 spiro atoms. The third-order valence-electron chi connectivity index (χ3n) is 6.16. The van der Waals surface area contributed by atoms with Crippen molar-refractivity contribution in [3.8, 4) is 11.5 Å². The maximum Gasteiger partial charge on any atom is 0.335 e. The lowest BCUT2D eigenvalue weighted by molar-refractivity contribution is -0.122. The lowest BCUT2D eigenvalue weighted by Crippen LogP contribution is -2.54. The predicted molar refractivity (Wildman–Crippen MR) is 158 cm³/mol. The molecule has 1 heterocycles. The van der Waals surface area contributed by atoms with Crippen LogP contribution in [0.1, 0.15) is 16.7 Å². The van der Waals surface area contributed by atoms with Crippen molar-refractivity contribution < 1.29 is 28.2 Å². The molecule has 212 valence electrons. The maximum absolute atomic E-state index is 13.6. The fraction of sp³-hybridized carbons (Fsp3) is 0.0645. The summed E-state index contributed by atoms with van der Waals surface area (Å²) in [4.78, 5) is 39.7. The van der Waals surface area contributed by atoms with Crippen molar-refractivity contribution in [3.05, 3.63) is 128 Å². The number of anilines is 1. The number of ether oxygens (including phenoxy) is 2. The highest BCUT2D eigenvalue weighted by Crippen LogP contribution is 2.30. The summed E-state index contributed by atoms with van der Waals surface area (Å²) in [5, 5.41) is 3.48. The number of carbonyl (C=O) groups is 3. The average Bonchev–Trinajstić information content (AvgIpc) is 2.95. The summed E-state index contributed by atoms with van der Waals surface area (Å²) in [5.74, 6) is -1.38. The SMILES string of the molecule is O=C1NC(=O)N(c2ccc(OCc3ccc(Cl)cc3Cl)cc2)C(=O)/C1=C/c1cc(Cl)ccc1OCc1cccc(F)c1. The minimum atomic E-state index is -0.905. The van der Waals surface area contributed by atoms with Crippen molar-refractivity contribution in [2.75, 3.05) is 4.90 Å². The van der Waals surface area contributed by atoms with Gasteiger partial charge in [0.15, 0.2) is 0 Å². The van der Waals surface area contributed by atoms with Crippen LogP contribution in [0.25, 0.3) is 6.08 Å². The molecular weight excluding hydrogens is 606 g/mol. The van der Waals surface area contributed by atoms with Crippen LogP contribution in [0.2, 0.25) is 15.1 Å². The van der Waals surface area contributed by atoms with E-state index in [9.17, 15) is 18.8 Å². The third-order valence-corrected chi connectivity index (χ3v) is 6.98. The molecule has 0 aromatic heterocycles. The molecule has 5 rings (SSSR count). The summed E-state index contributed by atoms with van der Waals surface area (Å²) in [5.41, 5.74) is 1.52. The zero-order valence-corrected chi connectivity index (χ0v) is 23.8. The highest BCUT2D eigenvalue weighted by atomic mass is 35.5. The zero-order valence-electron chi connectivity index (χ0n) is 21.6. The highest BCUT2D eigenvalue weighted by molar-refractivity contribution is 6.39. The number of hydrogen-bond donors (Lipinski definition) is 1. The topological polar surface area (TPSA) is 84.9 Å². The number of nitrogens with one attached hydrogen (secondary N) is 1. The van der Waals surface area contributed by atoms with Gasteiger partial charge < -0.3 is 9.47 Å². The Bertz CT molecular complexity index is 1730. The lowest BCUT2D eigenvalue weighted by atomic mass is 10.1. The van der Waals surface area contributed by atoms with E-state index in [-0.39, 0.29) is 24.5 Å².